The van der Waals surface area contributed by atoms with E-state index in [2.05, 4.69) is 15.1 Å². The highest BCUT2D eigenvalue weighted by atomic mass is 19.4. The van der Waals surface area contributed by atoms with E-state index in [0.29, 0.717) is 18.9 Å². The number of nitrogens with zero attached hydrogens (tertiary/aromatic N) is 5. The second-order valence-electron chi connectivity index (χ2n) is 6.22. The predicted octanol–water partition coefficient (Wildman–Crippen LogP) is 3.11. The molecule has 0 spiro atoms. The average Bonchev–Trinajstić information content (AvgIpc) is 3.09. The van der Waals surface area contributed by atoms with E-state index in [1.165, 1.54) is 10.8 Å². The zero-order chi connectivity index (χ0) is 18.3. The fraction of sp³-hybridized carbons (Fsp3) is 0.353. The van der Waals surface area contributed by atoms with Crippen LogP contribution in [-0.2, 0) is 10.9 Å². The summed E-state index contributed by atoms with van der Waals surface area (Å²) in [6.45, 7) is 2.75. The number of alkyl halides is 3. The van der Waals surface area contributed by atoms with Crippen LogP contribution in [0.4, 0.5) is 19.0 Å². The Morgan fingerprint density at radius 2 is 1.92 bits per heavy atom. The van der Waals surface area contributed by atoms with E-state index >= 15 is 0 Å². The van der Waals surface area contributed by atoms with Crippen LogP contribution in [0.15, 0.2) is 42.7 Å². The maximum Gasteiger partial charge on any atom is 0.433 e. The molecule has 0 aliphatic carbocycles. The highest BCUT2D eigenvalue weighted by Gasteiger charge is 2.36. The average molecular weight is 363 g/mol. The quantitative estimate of drug-likeness (QED) is 0.700. The Morgan fingerprint density at radius 1 is 1.15 bits per heavy atom. The van der Waals surface area contributed by atoms with Gasteiger partial charge in [-0.2, -0.15) is 27.8 Å². The van der Waals surface area contributed by atoms with Crippen molar-refractivity contribution in [2.75, 3.05) is 18.0 Å². The molecule has 0 amide bonds. The van der Waals surface area contributed by atoms with Crippen molar-refractivity contribution < 1.29 is 17.9 Å². The summed E-state index contributed by atoms with van der Waals surface area (Å²) in [6.07, 6.45) is -3.76. The molecule has 4 rings (SSSR count). The van der Waals surface area contributed by atoms with E-state index in [0.717, 1.165) is 11.6 Å². The second kappa shape index (κ2) is 6.24. The van der Waals surface area contributed by atoms with E-state index in [-0.39, 0.29) is 18.0 Å². The number of ether oxygens (including phenoxy) is 1. The van der Waals surface area contributed by atoms with E-state index in [1.54, 1.807) is 0 Å². The van der Waals surface area contributed by atoms with Gasteiger partial charge in [-0.25, -0.2) is 4.98 Å². The van der Waals surface area contributed by atoms with Gasteiger partial charge in [0.25, 0.3) is 5.78 Å². The fourth-order valence-corrected chi connectivity index (χ4v) is 3.16. The van der Waals surface area contributed by atoms with Gasteiger partial charge in [0.15, 0.2) is 5.69 Å². The maximum atomic E-state index is 13.2. The third kappa shape index (κ3) is 3.10. The summed E-state index contributed by atoms with van der Waals surface area (Å²) in [5.41, 5.74) is -0.00705. The van der Waals surface area contributed by atoms with Crippen molar-refractivity contribution >= 4 is 11.6 Å². The summed E-state index contributed by atoms with van der Waals surface area (Å²) in [6, 6.07) is 10.6. The first kappa shape index (κ1) is 16.8. The number of hydrogen-bond acceptors (Lipinski definition) is 5. The normalized spacial score (nSPS) is 21.3. The van der Waals surface area contributed by atoms with Crippen molar-refractivity contribution in [3.63, 3.8) is 0 Å². The number of morpholine rings is 1. The molecular weight excluding hydrogens is 347 g/mol. The fourth-order valence-electron chi connectivity index (χ4n) is 3.16. The Hall–Kier alpha value is -2.68. The molecular formula is C17H16F3N5O. The van der Waals surface area contributed by atoms with Gasteiger partial charge < -0.3 is 9.64 Å². The van der Waals surface area contributed by atoms with Gasteiger partial charge in [0.2, 0.25) is 0 Å². The summed E-state index contributed by atoms with van der Waals surface area (Å²) in [5, 5.41) is 4.03. The highest BCUT2D eigenvalue weighted by Crippen LogP contribution is 2.33. The summed E-state index contributed by atoms with van der Waals surface area (Å²) < 4.78 is 47.0. The van der Waals surface area contributed by atoms with Crippen LogP contribution in [0.2, 0.25) is 0 Å². The van der Waals surface area contributed by atoms with Crippen LogP contribution in [0.1, 0.15) is 24.3 Å². The van der Waals surface area contributed by atoms with Gasteiger partial charge >= 0.3 is 6.18 Å². The number of halogens is 3. The standard InChI is InChI=1S/C17H16F3N5O/c1-11-8-24(9-13(26-11)12-5-3-2-4-6-12)15-7-14(17(18,19)20)23-16-21-10-22-25(15)16/h2-7,10-11,13H,8-9H2,1H3. The third-order valence-electron chi connectivity index (χ3n) is 4.28. The Bertz CT molecular complexity index is 912. The van der Waals surface area contributed by atoms with Gasteiger partial charge in [0, 0.05) is 19.2 Å². The number of hydrogen-bond donors (Lipinski definition) is 0. The molecule has 0 saturated carbocycles. The molecule has 0 N–H and O–H groups in total. The van der Waals surface area contributed by atoms with Gasteiger partial charge in [0.05, 0.1) is 6.10 Å². The van der Waals surface area contributed by atoms with Gasteiger partial charge in [0.1, 0.15) is 18.2 Å². The molecule has 26 heavy (non-hydrogen) atoms. The molecule has 3 aromatic rings. The van der Waals surface area contributed by atoms with Crippen LogP contribution in [0.3, 0.4) is 0 Å². The number of rotatable bonds is 2. The SMILES string of the molecule is CC1CN(c2cc(C(F)(F)F)nc3ncnn23)CC(c2ccccc2)O1. The minimum atomic E-state index is -4.56. The highest BCUT2D eigenvalue weighted by molar-refractivity contribution is 5.49. The van der Waals surface area contributed by atoms with E-state index in [1.807, 2.05) is 42.2 Å². The molecule has 2 aromatic heterocycles. The molecule has 9 heteroatoms. The molecule has 1 saturated heterocycles. The Labute approximate surface area is 147 Å². The first-order valence-corrected chi connectivity index (χ1v) is 8.15. The van der Waals surface area contributed by atoms with Gasteiger partial charge in [-0.05, 0) is 12.5 Å². The Kier molecular flexibility index (Phi) is 4.03. The molecule has 6 nitrogen and oxygen atoms in total. The van der Waals surface area contributed by atoms with Crippen molar-refractivity contribution in [3.05, 3.63) is 54.0 Å². The van der Waals surface area contributed by atoms with Crippen LogP contribution in [-0.4, -0.2) is 38.8 Å². The minimum Gasteiger partial charge on any atom is -0.367 e. The molecule has 1 aliphatic heterocycles. The smallest absolute Gasteiger partial charge is 0.367 e. The summed E-state index contributed by atoms with van der Waals surface area (Å²) in [5.74, 6) is 0.223. The van der Waals surface area contributed by atoms with Crippen LogP contribution < -0.4 is 4.90 Å². The molecule has 1 aromatic carbocycles. The largest absolute Gasteiger partial charge is 0.433 e. The van der Waals surface area contributed by atoms with Crippen molar-refractivity contribution in [2.45, 2.75) is 25.3 Å². The first-order chi connectivity index (χ1) is 12.4. The van der Waals surface area contributed by atoms with E-state index in [4.69, 9.17) is 4.74 Å². The van der Waals surface area contributed by atoms with Crippen molar-refractivity contribution in [3.8, 4) is 0 Å². The Morgan fingerprint density at radius 3 is 2.65 bits per heavy atom. The first-order valence-electron chi connectivity index (χ1n) is 8.15. The molecule has 1 aliphatic rings. The van der Waals surface area contributed by atoms with E-state index in [9.17, 15) is 13.2 Å². The maximum absolute atomic E-state index is 13.2. The third-order valence-corrected chi connectivity index (χ3v) is 4.28. The molecule has 3 heterocycles. The monoisotopic (exact) mass is 363 g/mol. The lowest BCUT2D eigenvalue weighted by molar-refractivity contribution is -0.141. The van der Waals surface area contributed by atoms with Gasteiger partial charge in [-0.15, -0.1) is 0 Å². The molecule has 0 bridgehead atoms. The van der Waals surface area contributed by atoms with Gasteiger partial charge in [-0.1, -0.05) is 30.3 Å². The number of fused-ring (bicyclic) bond motifs is 1. The molecule has 136 valence electrons. The van der Waals surface area contributed by atoms with Gasteiger partial charge in [-0.3, -0.25) is 0 Å². The zero-order valence-corrected chi connectivity index (χ0v) is 13.9. The molecule has 2 unspecified atom stereocenters. The topological polar surface area (TPSA) is 55.6 Å². The number of anilines is 1. The van der Waals surface area contributed by atoms with Crippen molar-refractivity contribution in [2.24, 2.45) is 0 Å². The number of aromatic nitrogens is 4. The number of benzene rings is 1. The lowest BCUT2D eigenvalue weighted by atomic mass is 10.1. The van der Waals surface area contributed by atoms with Crippen LogP contribution in [0.5, 0.6) is 0 Å². The van der Waals surface area contributed by atoms with Crippen molar-refractivity contribution in [1.29, 1.82) is 0 Å². The molecule has 2 atom stereocenters. The van der Waals surface area contributed by atoms with Crippen LogP contribution in [0.25, 0.3) is 5.78 Å². The lowest BCUT2D eigenvalue weighted by Gasteiger charge is -2.38. The van der Waals surface area contributed by atoms with Crippen LogP contribution in [0, 0.1) is 0 Å². The summed E-state index contributed by atoms with van der Waals surface area (Å²) in [7, 11) is 0. The van der Waals surface area contributed by atoms with Crippen molar-refractivity contribution in [1.82, 2.24) is 19.6 Å². The van der Waals surface area contributed by atoms with Crippen LogP contribution >= 0.6 is 0 Å². The lowest BCUT2D eigenvalue weighted by Crippen LogP contribution is -2.44. The predicted molar refractivity (Wildman–Crippen MR) is 87.7 cm³/mol. The molecule has 0 radical (unpaired) electrons. The Balaban J connectivity index is 1.75. The second-order valence-corrected chi connectivity index (χ2v) is 6.22. The minimum absolute atomic E-state index is 0.0785. The molecule has 1 fully saturated rings. The summed E-state index contributed by atoms with van der Waals surface area (Å²) >= 11 is 0. The zero-order valence-electron chi connectivity index (χ0n) is 13.9. The summed E-state index contributed by atoms with van der Waals surface area (Å²) in [4.78, 5) is 9.23. The van der Waals surface area contributed by atoms with E-state index < -0.39 is 11.9 Å².